The molecule has 12 rings (SSSR count). The lowest BCUT2D eigenvalue weighted by Crippen LogP contribution is -1.85. The molecule has 12 aliphatic carbocycles. The molecule has 0 bridgehead atoms. The standard InChI is InChI=1S/12C4H8/c12*1-2-4-3-1/h12*1-4H2. The maximum atomic E-state index is 1.50. The Labute approximate surface area is 307 Å². The first-order valence-electron chi connectivity index (χ1n) is 24.0. The third-order valence-electron chi connectivity index (χ3n) is 12.0. The summed E-state index contributed by atoms with van der Waals surface area (Å²) in [7, 11) is 0. The molecule has 0 spiro atoms. The molecule has 0 radical (unpaired) electrons. The van der Waals surface area contributed by atoms with Crippen LogP contribution in [-0.2, 0) is 0 Å². The summed E-state index contributed by atoms with van der Waals surface area (Å²) in [6.07, 6.45) is 72.0. The van der Waals surface area contributed by atoms with Gasteiger partial charge in [-0.05, 0) is 0 Å². The minimum absolute atomic E-state index is 1.50. The third kappa shape index (κ3) is 40.4. The summed E-state index contributed by atoms with van der Waals surface area (Å²) in [6.45, 7) is 0. The predicted octanol–water partition coefficient (Wildman–Crippen LogP) is 18.7. The first-order chi connectivity index (χ1) is 24.0. The van der Waals surface area contributed by atoms with Gasteiger partial charge in [0.1, 0.15) is 0 Å². The van der Waals surface area contributed by atoms with Crippen LogP contribution in [0.25, 0.3) is 0 Å². The van der Waals surface area contributed by atoms with E-state index in [1.807, 2.05) is 0 Å². The Kier molecular flexibility index (Phi) is 41.4. The van der Waals surface area contributed by atoms with E-state index in [0.717, 1.165) is 0 Å². The van der Waals surface area contributed by atoms with Crippen molar-refractivity contribution in [3.05, 3.63) is 0 Å². The molecule has 288 valence electrons. The molecule has 0 N–H and O–H groups in total. The molecule has 12 fully saturated rings. The molecule has 0 aromatic heterocycles. The Morgan fingerprint density at radius 1 is 0.0417 bits per heavy atom. The van der Waals surface area contributed by atoms with E-state index in [-0.39, 0.29) is 0 Å². The summed E-state index contributed by atoms with van der Waals surface area (Å²) in [5.74, 6) is 0. The summed E-state index contributed by atoms with van der Waals surface area (Å²) >= 11 is 0. The highest BCUT2D eigenvalue weighted by atomic mass is 14.1. The van der Waals surface area contributed by atoms with Crippen molar-refractivity contribution in [3.8, 4) is 0 Å². The van der Waals surface area contributed by atoms with Crippen LogP contribution < -0.4 is 0 Å². The van der Waals surface area contributed by atoms with Crippen LogP contribution in [0.5, 0.6) is 0 Å². The van der Waals surface area contributed by atoms with Crippen LogP contribution >= 0.6 is 0 Å². The van der Waals surface area contributed by atoms with Crippen LogP contribution in [0.3, 0.4) is 0 Å². The van der Waals surface area contributed by atoms with E-state index in [0.29, 0.717) is 0 Å². The second-order valence-corrected chi connectivity index (χ2v) is 17.0. The quantitative estimate of drug-likeness (QED) is 0.240. The first kappa shape index (κ1) is 46.0. The zero-order chi connectivity index (χ0) is 33.9. The largest absolute Gasteiger partial charge is 0.0533 e. The van der Waals surface area contributed by atoms with Gasteiger partial charge in [-0.1, -0.05) is 308 Å². The van der Waals surface area contributed by atoms with Crippen LogP contribution in [0.4, 0.5) is 0 Å². The number of rotatable bonds is 0. The Morgan fingerprint density at radius 3 is 0.0625 bits per heavy atom. The fraction of sp³-hybridized carbons (Fsp3) is 1.00. The Bertz CT molecular complexity index is 268. The van der Waals surface area contributed by atoms with Crippen molar-refractivity contribution in [2.75, 3.05) is 0 Å². The van der Waals surface area contributed by atoms with Crippen molar-refractivity contribution in [1.82, 2.24) is 0 Å². The summed E-state index contributed by atoms with van der Waals surface area (Å²) in [5, 5.41) is 0. The highest BCUT2D eigenvalue weighted by Crippen LogP contribution is 2.19. The molecule has 12 aliphatic rings. The maximum Gasteiger partial charge on any atom is -0.0533 e. The van der Waals surface area contributed by atoms with Crippen LogP contribution in [0.15, 0.2) is 0 Å². The molecule has 0 atom stereocenters. The van der Waals surface area contributed by atoms with E-state index in [1.165, 1.54) is 308 Å². The van der Waals surface area contributed by atoms with E-state index in [2.05, 4.69) is 0 Å². The molecule has 0 saturated heterocycles. The van der Waals surface area contributed by atoms with Gasteiger partial charge in [0.15, 0.2) is 0 Å². The van der Waals surface area contributed by atoms with Gasteiger partial charge < -0.3 is 0 Å². The summed E-state index contributed by atoms with van der Waals surface area (Å²) in [4.78, 5) is 0. The predicted molar refractivity (Wildman–Crippen MR) is 222 cm³/mol. The Balaban J connectivity index is 0.000000262. The van der Waals surface area contributed by atoms with Crippen molar-refractivity contribution in [3.63, 3.8) is 0 Å². The van der Waals surface area contributed by atoms with Crippen molar-refractivity contribution in [1.29, 1.82) is 0 Å². The van der Waals surface area contributed by atoms with Gasteiger partial charge in [0.05, 0.1) is 0 Å². The van der Waals surface area contributed by atoms with Crippen LogP contribution in [0, 0.1) is 0 Å². The summed E-state index contributed by atoms with van der Waals surface area (Å²) in [5.41, 5.74) is 0. The molecule has 48 heavy (non-hydrogen) atoms. The van der Waals surface area contributed by atoms with E-state index in [1.54, 1.807) is 0 Å². The molecular weight excluding hydrogens is 577 g/mol. The van der Waals surface area contributed by atoms with Crippen molar-refractivity contribution in [2.45, 2.75) is 308 Å². The highest BCUT2D eigenvalue weighted by molar-refractivity contribution is 4.55. The van der Waals surface area contributed by atoms with Crippen molar-refractivity contribution in [2.24, 2.45) is 0 Å². The van der Waals surface area contributed by atoms with Crippen LogP contribution in [-0.4, -0.2) is 0 Å². The number of hydrogen-bond acceptors (Lipinski definition) is 0. The van der Waals surface area contributed by atoms with E-state index in [9.17, 15) is 0 Å². The monoisotopic (exact) mass is 673 g/mol. The lowest BCUT2D eigenvalue weighted by molar-refractivity contribution is 0.504. The normalized spacial score (nSPS) is 24.0. The third-order valence-corrected chi connectivity index (χ3v) is 12.0. The average Bonchev–Trinajstić information content (AvgIpc) is 2.48. The van der Waals surface area contributed by atoms with Gasteiger partial charge in [-0.25, -0.2) is 0 Å². The zero-order valence-corrected chi connectivity index (χ0v) is 33.9. The molecule has 0 unspecified atom stereocenters. The lowest BCUT2D eigenvalue weighted by atomic mass is 10.0. The van der Waals surface area contributed by atoms with Crippen LogP contribution in [0.2, 0.25) is 0 Å². The molecule has 12 saturated carbocycles. The van der Waals surface area contributed by atoms with Gasteiger partial charge in [-0.2, -0.15) is 0 Å². The smallest absolute Gasteiger partial charge is 0.0533 e. The summed E-state index contributed by atoms with van der Waals surface area (Å²) in [6, 6.07) is 0. The second kappa shape index (κ2) is 43.2. The van der Waals surface area contributed by atoms with E-state index in [4.69, 9.17) is 0 Å². The molecule has 0 amide bonds. The SMILES string of the molecule is C1CCC1.C1CCC1.C1CCC1.C1CCC1.C1CCC1.C1CCC1.C1CCC1.C1CCC1.C1CCC1.C1CCC1.C1CCC1.C1CCC1. The van der Waals surface area contributed by atoms with Gasteiger partial charge in [-0.3, -0.25) is 0 Å². The van der Waals surface area contributed by atoms with E-state index >= 15 is 0 Å². The Morgan fingerprint density at radius 2 is 0.0625 bits per heavy atom. The first-order valence-corrected chi connectivity index (χ1v) is 24.0. The van der Waals surface area contributed by atoms with Gasteiger partial charge >= 0.3 is 0 Å². The molecule has 0 nitrogen and oxygen atoms in total. The molecule has 0 aromatic rings. The average molecular weight is 673 g/mol. The zero-order valence-electron chi connectivity index (χ0n) is 33.9. The fourth-order valence-electron chi connectivity index (χ4n) is 3.00. The van der Waals surface area contributed by atoms with Gasteiger partial charge in [0.25, 0.3) is 0 Å². The van der Waals surface area contributed by atoms with E-state index < -0.39 is 0 Å². The molecule has 0 aliphatic heterocycles. The topological polar surface area (TPSA) is 0 Å². The number of hydrogen-bond donors (Lipinski definition) is 0. The minimum Gasteiger partial charge on any atom is -0.0533 e. The molecule has 0 heterocycles. The Hall–Kier alpha value is 0. The maximum absolute atomic E-state index is 1.50. The summed E-state index contributed by atoms with van der Waals surface area (Å²) < 4.78 is 0. The van der Waals surface area contributed by atoms with Gasteiger partial charge in [0, 0.05) is 0 Å². The van der Waals surface area contributed by atoms with Gasteiger partial charge in [-0.15, -0.1) is 0 Å². The fourth-order valence-corrected chi connectivity index (χ4v) is 3.00. The highest BCUT2D eigenvalue weighted by Gasteiger charge is 1.99. The van der Waals surface area contributed by atoms with Crippen LogP contribution in [0.1, 0.15) is 308 Å². The van der Waals surface area contributed by atoms with Gasteiger partial charge in [0.2, 0.25) is 0 Å². The molecular formula is C48H96. The van der Waals surface area contributed by atoms with Crippen molar-refractivity contribution < 1.29 is 0 Å². The second-order valence-electron chi connectivity index (χ2n) is 17.0. The molecule has 0 heteroatoms. The minimum atomic E-state index is 1.50. The lowest BCUT2D eigenvalue weighted by Gasteiger charge is -2.05. The van der Waals surface area contributed by atoms with Crippen molar-refractivity contribution >= 4 is 0 Å². The molecule has 0 aromatic carbocycles.